The van der Waals surface area contributed by atoms with Crippen LogP contribution in [0.3, 0.4) is 0 Å². The van der Waals surface area contributed by atoms with E-state index < -0.39 is 5.97 Å². The number of carbonyl (C=O) groups is 1. The number of aromatic carboxylic acids is 1. The number of nitrogens with zero attached hydrogens (tertiary/aromatic N) is 2. The fourth-order valence-electron chi connectivity index (χ4n) is 1.49. The molecule has 19 heavy (non-hydrogen) atoms. The first-order valence-corrected chi connectivity index (χ1v) is 5.97. The molecule has 0 unspecified atom stereocenters. The van der Waals surface area contributed by atoms with Gasteiger partial charge in [0.2, 0.25) is 5.88 Å². The van der Waals surface area contributed by atoms with Crippen molar-refractivity contribution in [3.8, 4) is 5.88 Å². The first-order valence-electron chi connectivity index (χ1n) is 5.59. The van der Waals surface area contributed by atoms with Gasteiger partial charge in [0.25, 0.3) is 0 Å². The number of carboxylic acids is 1. The highest BCUT2D eigenvalue weighted by Gasteiger charge is 2.14. The van der Waals surface area contributed by atoms with Gasteiger partial charge in [0.05, 0.1) is 12.2 Å². The van der Waals surface area contributed by atoms with E-state index in [4.69, 9.17) is 21.4 Å². The summed E-state index contributed by atoms with van der Waals surface area (Å²) in [6.07, 6.45) is 3.65. The highest BCUT2D eigenvalue weighted by Crippen LogP contribution is 2.25. The lowest BCUT2D eigenvalue weighted by Crippen LogP contribution is -2.06. The van der Waals surface area contributed by atoms with Crippen LogP contribution in [0.1, 0.15) is 16.1 Å². The van der Waals surface area contributed by atoms with Crippen LogP contribution < -0.4 is 4.74 Å². The maximum atomic E-state index is 10.9. The van der Waals surface area contributed by atoms with E-state index in [0.717, 1.165) is 5.69 Å². The quantitative estimate of drug-likeness (QED) is 0.909. The number of ether oxygens (including phenoxy) is 1. The lowest BCUT2D eigenvalue weighted by molar-refractivity contribution is 0.0696. The number of aromatic nitrogens is 2. The number of carboxylic acid groups (broad SMARTS) is 1. The first-order chi connectivity index (χ1) is 9.18. The molecular weight excluding hydrogens is 268 g/mol. The Morgan fingerprint density at radius 1 is 1.26 bits per heavy atom. The summed E-state index contributed by atoms with van der Waals surface area (Å²) in [5, 5.41) is 8.93. The molecule has 2 heterocycles. The van der Waals surface area contributed by atoms with Crippen LogP contribution in [-0.2, 0) is 6.42 Å². The van der Waals surface area contributed by atoms with Crippen molar-refractivity contribution in [2.75, 3.05) is 6.61 Å². The van der Waals surface area contributed by atoms with Gasteiger partial charge >= 0.3 is 5.97 Å². The van der Waals surface area contributed by atoms with Crippen LogP contribution >= 0.6 is 11.6 Å². The van der Waals surface area contributed by atoms with Crippen molar-refractivity contribution in [1.29, 1.82) is 0 Å². The monoisotopic (exact) mass is 278 g/mol. The number of pyridine rings is 2. The minimum Gasteiger partial charge on any atom is -0.478 e. The molecule has 0 spiro atoms. The van der Waals surface area contributed by atoms with Crippen LogP contribution in [0.25, 0.3) is 0 Å². The lowest BCUT2D eigenvalue weighted by Gasteiger charge is -2.07. The molecule has 0 fully saturated rings. The SMILES string of the molecule is O=C(O)c1ccnc(OCCc2ccccn2)c1Cl. The highest BCUT2D eigenvalue weighted by atomic mass is 35.5. The Labute approximate surface area is 114 Å². The summed E-state index contributed by atoms with van der Waals surface area (Å²) in [4.78, 5) is 19.0. The number of hydrogen-bond acceptors (Lipinski definition) is 4. The van der Waals surface area contributed by atoms with E-state index in [9.17, 15) is 4.79 Å². The van der Waals surface area contributed by atoms with Gasteiger partial charge in [0, 0.05) is 24.5 Å². The third-order valence-corrected chi connectivity index (χ3v) is 2.78. The van der Waals surface area contributed by atoms with Gasteiger partial charge in [-0.2, -0.15) is 0 Å². The zero-order valence-corrected chi connectivity index (χ0v) is 10.7. The maximum absolute atomic E-state index is 10.9. The minimum absolute atomic E-state index is 0.0102. The van der Waals surface area contributed by atoms with Crippen molar-refractivity contribution < 1.29 is 14.6 Å². The molecule has 5 nitrogen and oxygen atoms in total. The Kier molecular flexibility index (Phi) is 4.30. The molecule has 0 radical (unpaired) electrons. The standard InChI is InChI=1S/C13H11ClN2O3/c14-11-10(13(17)18)4-7-16-12(11)19-8-5-9-3-1-2-6-15-9/h1-4,6-7H,5,8H2,(H,17,18). The molecule has 0 saturated carbocycles. The van der Waals surface area contributed by atoms with Crippen molar-refractivity contribution in [3.05, 3.63) is 52.9 Å². The predicted octanol–water partition coefficient (Wildman–Crippen LogP) is 2.45. The highest BCUT2D eigenvalue weighted by molar-refractivity contribution is 6.34. The molecule has 0 atom stereocenters. The molecule has 2 aromatic rings. The second-order valence-corrected chi connectivity index (χ2v) is 4.08. The summed E-state index contributed by atoms with van der Waals surface area (Å²) in [7, 11) is 0. The summed E-state index contributed by atoms with van der Waals surface area (Å²) in [5.41, 5.74) is 0.859. The minimum atomic E-state index is -1.11. The number of halogens is 1. The largest absolute Gasteiger partial charge is 0.478 e. The van der Waals surface area contributed by atoms with Crippen molar-refractivity contribution >= 4 is 17.6 Å². The van der Waals surface area contributed by atoms with E-state index >= 15 is 0 Å². The molecule has 0 aliphatic heterocycles. The first kappa shape index (κ1) is 13.3. The molecule has 0 saturated heterocycles. The molecule has 0 aromatic carbocycles. The molecule has 2 rings (SSSR count). The lowest BCUT2D eigenvalue weighted by atomic mass is 10.2. The third-order valence-electron chi connectivity index (χ3n) is 2.41. The Balaban J connectivity index is 2.00. The average Bonchev–Trinajstić information content (AvgIpc) is 2.41. The van der Waals surface area contributed by atoms with Gasteiger partial charge in [0.1, 0.15) is 5.02 Å². The van der Waals surface area contributed by atoms with Crippen LogP contribution in [-0.4, -0.2) is 27.7 Å². The van der Waals surface area contributed by atoms with E-state index in [-0.39, 0.29) is 16.5 Å². The third kappa shape index (κ3) is 3.42. The molecule has 0 aliphatic rings. The molecule has 0 amide bonds. The number of hydrogen-bond donors (Lipinski definition) is 1. The normalized spacial score (nSPS) is 10.2. The van der Waals surface area contributed by atoms with Crippen LogP contribution in [0.4, 0.5) is 0 Å². The molecule has 98 valence electrons. The fourth-order valence-corrected chi connectivity index (χ4v) is 1.74. The summed E-state index contributed by atoms with van der Waals surface area (Å²) < 4.78 is 5.39. The van der Waals surface area contributed by atoms with E-state index in [1.165, 1.54) is 12.3 Å². The molecule has 6 heteroatoms. The van der Waals surface area contributed by atoms with Gasteiger partial charge in [0.15, 0.2) is 0 Å². The van der Waals surface area contributed by atoms with E-state index in [1.807, 2.05) is 18.2 Å². The Bertz CT molecular complexity index is 575. The van der Waals surface area contributed by atoms with Crippen LogP contribution in [0.15, 0.2) is 36.7 Å². The van der Waals surface area contributed by atoms with Gasteiger partial charge < -0.3 is 9.84 Å². The van der Waals surface area contributed by atoms with Gasteiger partial charge in [-0.25, -0.2) is 9.78 Å². The zero-order valence-electron chi connectivity index (χ0n) is 9.91. The second kappa shape index (κ2) is 6.15. The molecule has 1 N–H and O–H groups in total. The summed E-state index contributed by atoms with van der Waals surface area (Å²) in [6.45, 7) is 0.326. The molecular formula is C13H11ClN2O3. The van der Waals surface area contributed by atoms with E-state index in [2.05, 4.69) is 9.97 Å². The zero-order chi connectivity index (χ0) is 13.7. The van der Waals surface area contributed by atoms with Gasteiger partial charge in [-0.1, -0.05) is 17.7 Å². The van der Waals surface area contributed by atoms with Gasteiger partial charge in [-0.15, -0.1) is 0 Å². The van der Waals surface area contributed by atoms with Crippen molar-refractivity contribution in [3.63, 3.8) is 0 Å². The van der Waals surface area contributed by atoms with Crippen molar-refractivity contribution in [1.82, 2.24) is 9.97 Å². The predicted molar refractivity (Wildman–Crippen MR) is 69.6 cm³/mol. The van der Waals surface area contributed by atoms with Crippen molar-refractivity contribution in [2.24, 2.45) is 0 Å². The van der Waals surface area contributed by atoms with E-state index in [0.29, 0.717) is 13.0 Å². The van der Waals surface area contributed by atoms with Gasteiger partial charge in [-0.3, -0.25) is 4.98 Å². The maximum Gasteiger partial charge on any atom is 0.337 e. The Morgan fingerprint density at radius 3 is 2.79 bits per heavy atom. The number of rotatable bonds is 5. The average molecular weight is 279 g/mol. The van der Waals surface area contributed by atoms with Crippen molar-refractivity contribution in [2.45, 2.75) is 6.42 Å². The molecule has 2 aromatic heterocycles. The summed E-state index contributed by atoms with van der Waals surface area (Å²) >= 11 is 5.90. The van der Waals surface area contributed by atoms with Gasteiger partial charge in [-0.05, 0) is 18.2 Å². The molecule has 0 bridgehead atoms. The fraction of sp³-hybridized carbons (Fsp3) is 0.154. The topological polar surface area (TPSA) is 72.3 Å². The summed E-state index contributed by atoms with van der Waals surface area (Å²) in [5.74, 6) is -0.987. The van der Waals surface area contributed by atoms with Crippen LogP contribution in [0, 0.1) is 0 Å². The summed E-state index contributed by atoms with van der Waals surface area (Å²) in [6, 6.07) is 6.93. The second-order valence-electron chi connectivity index (χ2n) is 3.70. The Hall–Kier alpha value is -2.14. The van der Waals surface area contributed by atoms with E-state index in [1.54, 1.807) is 6.20 Å². The molecule has 0 aliphatic carbocycles. The van der Waals surface area contributed by atoms with Crippen LogP contribution in [0.2, 0.25) is 5.02 Å². The Morgan fingerprint density at radius 2 is 2.11 bits per heavy atom. The smallest absolute Gasteiger partial charge is 0.337 e. The van der Waals surface area contributed by atoms with Crippen LogP contribution in [0.5, 0.6) is 5.88 Å².